The summed E-state index contributed by atoms with van der Waals surface area (Å²) in [7, 11) is 0. The summed E-state index contributed by atoms with van der Waals surface area (Å²) in [5.74, 6) is 0.668. The van der Waals surface area contributed by atoms with E-state index < -0.39 is 0 Å². The van der Waals surface area contributed by atoms with E-state index in [2.05, 4.69) is 15.0 Å². The van der Waals surface area contributed by atoms with Crippen LogP contribution in [0, 0.1) is 0 Å². The van der Waals surface area contributed by atoms with Crippen LogP contribution in [0.5, 0.6) is 0 Å². The molecule has 3 aromatic heterocycles. The van der Waals surface area contributed by atoms with E-state index in [0.717, 1.165) is 5.39 Å². The number of aromatic amines is 1. The van der Waals surface area contributed by atoms with E-state index in [1.54, 1.807) is 18.5 Å². The van der Waals surface area contributed by atoms with E-state index in [9.17, 15) is 4.79 Å². The molecule has 0 bridgehead atoms. The van der Waals surface area contributed by atoms with E-state index >= 15 is 0 Å². The van der Waals surface area contributed by atoms with Gasteiger partial charge in [-0.25, -0.2) is 19.3 Å². The lowest BCUT2D eigenvalue weighted by atomic mass is 10.3. The molecule has 3 aromatic rings. The van der Waals surface area contributed by atoms with Gasteiger partial charge in [0.15, 0.2) is 5.65 Å². The van der Waals surface area contributed by atoms with E-state index in [1.807, 2.05) is 18.2 Å². The number of fused-ring (bicyclic) bond motifs is 1. The number of nitrogens with one attached hydrogen (secondary N) is 1. The molecule has 0 aliphatic rings. The highest BCUT2D eigenvalue weighted by atomic mass is 16.1. The lowest BCUT2D eigenvalue weighted by molar-refractivity contribution is 0.916. The van der Waals surface area contributed by atoms with E-state index in [4.69, 9.17) is 0 Å². The fourth-order valence-electron chi connectivity index (χ4n) is 1.65. The molecule has 0 atom stereocenters. The normalized spacial score (nSPS) is 10.8. The number of pyridine rings is 1. The monoisotopic (exact) mass is 212 g/mol. The molecule has 0 aliphatic carbocycles. The Bertz CT molecular complexity index is 685. The van der Waals surface area contributed by atoms with E-state index in [1.165, 1.54) is 10.8 Å². The van der Waals surface area contributed by atoms with Crippen LogP contribution in [-0.4, -0.2) is 19.5 Å². The van der Waals surface area contributed by atoms with Crippen LogP contribution in [0.3, 0.4) is 0 Å². The second-order valence-corrected chi connectivity index (χ2v) is 3.35. The third-order valence-corrected chi connectivity index (χ3v) is 2.36. The second-order valence-electron chi connectivity index (χ2n) is 3.35. The van der Waals surface area contributed by atoms with Gasteiger partial charge in [0.2, 0.25) is 0 Å². The SMILES string of the molecule is O=c1ncc2cccnc2n1-c1ccc[nH]1. The number of rotatable bonds is 1. The summed E-state index contributed by atoms with van der Waals surface area (Å²) < 4.78 is 1.45. The van der Waals surface area contributed by atoms with Crippen LogP contribution in [0.4, 0.5) is 0 Å². The Morgan fingerprint density at radius 2 is 2.12 bits per heavy atom. The Balaban J connectivity index is 2.47. The molecule has 0 fully saturated rings. The highest BCUT2D eigenvalue weighted by Gasteiger charge is 2.06. The topological polar surface area (TPSA) is 63.6 Å². The van der Waals surface area contributed by atoms with Crippen LogP contribution < -0.4 is 5.69 Å². The lowest BCUT2D eigenvalue weighted by Crippen LogP contribution is -2.22. The standard InChI is InChI=1S/C11H8N4O/c16-11-14-7-8-3-1-6-13-10(8)15(11)9-4-2-5-12-9/h1-7,12H. The van der Waals surface area contributed by atoms with Gasteiger partial charge in [-0.15, -0.1) is 0 Å². The molecule has 78 valence electrons. The van der Waals surface area contributed by atoms with Gasteiger partial charge >= 0.3 is 5.69 Å². The van der Waals surface area contributed by atoms with Crippen molar-refractivity contribution in [2.24, 2.45) is 0 Å². The molecule has 0 spiro atoms. The molecule has 16 heavy (non-hydrogen) atoms. The van der Waals surface area contributed by atoms with E-state index in [0.29, 0.717) is 11.5 Å². The molecule has 0 unspecified atom stereocenters. The average molecular weight is 212 g/mol. The van der Waals surface area contributed by atoms with Crippen molar-refractivity contribution in [1.29, 1.82) is 0 Å². The van der Waals surface area contributed by atoms with Gasteiger partial charge in [0.1, 0.15) is 5.82 Å². The fourth-order valence-corrected chi connectivity index (χ4v) is 1.65. The maximum atomic E-state index is 11.7. The summed E-state index contributed by atoms with van der Waals surface area (Å²) in [6.07, 6.45) is 4.94. The van der Waals surface area contributed by atoms with E-state index in [-0.39, 0.29) is 5.69 Å². The first kappa shape index (κ1) is 8.84. The molecule has 0 aromatic carbocycles. The zero-order chi connectivity index (χ0) is 11.0. The Morgan fingerprint density at radius 1 is 1.19 bits per heavy atom. The van der Waals surface area contributed by atoms with Crippen LogP contribution in [0.1, 0.15) is 0 Å². The third-order valence-electron chi connectivity index (χ3n) is 2.36. The number of aromatic nitrogens is 4. The number of H-pyrrole nitrogens is 1. The van der Waals surface area contributed by atoms with Crippen molar-refractivity contribution in [1.82, 2.24) is 19.5 Å². The van der Waals surface area contributed by atoms with Crippen molar-refractivity contribution in [3.63, 3.8) is 0 Å². The molecular formula is C11H8N4O. The molecule has 3 rings (SSSR count). The summed E-state index contributed by atoms with van der Waals surface area (Å²) in [4.78, 5) is 22.7. The van der Waals surface area contributed by atoms with Crippen LogP contribution in [-0.2, 0) is 0 Å². The van der Waals surface area contributed by atoms with Gasteiger partial charge in [0.05, 0.1) is 0 Å². The average Bonchev–Trinajstić information content (AvgIpc) is 2.82. The van der Waals surface area contributed by atoms with Gasteiger partial charge in [-0.2, -0.15) is 0 Å². The third kappa shape index (κ3) is 1.22. The molecule has 0 radical (unpaired) electrons. The summed E-state index contributed by atoms with van der Waals surface area (Å²) in [6, 6.07) is 7.31. The van der Waals surface area contributed by atoms with Gasteiger partial charge in [-0.05, 0) is 24.3 Å². The van der Waals surface area contributed by atoms with Crippen molar-refractivity contribution in [2.75, 3.05) is 0 Å². The van der Waals surface area contributed by atoms with Crippen LogP contribution in [0.15, 0.2) is 47.7 Å². The first-order valence-corrected chi connectivity index (χ1v) is 4.83. The molecule has 5 nitrogen and oxygen atoms in total. The summed E-state index contributed by atoms with van der Waals surface area (Å²) in [6.45, 7) is 0. The molecule has 0 saturated heterocycles. The quantitative estimate of drug-likeness (QED) is 0.657. The van der Waals surface area contributed by atoms with Gasteiger partial charge in [0, 0.05) is 24.0 Å². The minimum atomic E-state index is -0.339. The smallest absolute Gasteiger partial charge is 0.348 e. The molecule has 3 heterocycles. The van der Waals surface area contributed by atoms with Crippen molar-refractivity contribution in [3.05, 3.63) is 53.3 Å². The van der Waals surface area contributed by atoms with Crippen LogP contribution >= 0.6 is 0 Å². The highest BCUT2D eigenvalue weighted by Crippen LogP contribution is 2.10. The lowest BCUT2D eigenvalue weighted by Gasteiger charge is -2.05. The molecule has 0 saturated carbocycles. The molecular weight excluding hydrogens is 204 g/mol. The first-order chi connectivity index (χ1) is 7.86. The largest absolute Gasteiger partial charge is 0.355 e. The van der Waals surface area contributed by atoms with Crippen molar-refractivity contribution >= 4 is 11.0 Å². The molecule has 0 amide bonds. The Hall–Kier alpha value is -2.43. The maximum Gasteiger partial charge on any atom is 0.355 e. The highest BCUT2D eigenvalue weighted by molar-refractivity contribution is 5.74. The fraction of sp³-hybridized carbons (Fsp3) is 0. The minimum Gasteiger partial charge on any atom is -0.348 e. The zero-order valence-electron chi connectivity index (χ0n) is 8.29. The predicted molar refractivity (Wildman–Crippen MR) is 59.5 cm³/mol. The Labute approximate surface area is 90.4 Å². The first-order valence-electron chi connectivity index (χ1n) is 4.83. The van der Waals surface area contributed by atoms with Gasteiger partial charge in [-0.1, -0.05) is 0 Å². The van der Waals surface area contributed by atoms with Crippen molar-refractivity contribution in [3.8, 4) is 5.82 Å². The zero-order valence-corrected chi connectivity index (χ0v) is 8.29. The molecule has 0 aliphatic heterocycles. The van der Waals surface area contributed by atoms with Gasteiger partial charge in [0.25, 0.3) is 0 Å². The number of hydrogen-bond donors (Lipinski definition) is 1. The van der Waals surface area contributed by atoms with Crippen molar-refractivity contribution in [2.45, 2.75) is 0 Å². The van der Waals surface area contributed by atoms with Crippen molar-refractivity contribution < 1.29 is 0 Å². The summed E-state index contributed by atoms with van der Waals surface area (Å²) >= 11 is 0. The Kier molecular flexibility index (Phi) is 1.83. The number of nitrogens with zero attached hydrogens (tertiary/aromatic N) is 3. The van der Waals surface area contributed by atoms with Gasteiger partial charge in [-0.3, -0.25) is 0 Å². The minimum absolute atomic E-state index is 0.339. The summed E-state index contributed by atoms with van der Waals surface area (Å²) in [5, 5.41) is 0.830. The summed E-state index contributed by atoms with van der Waals surface area (Å²) in [5.41, 5.74) is 0.263. The predicted octanol–water partition coefficient (Wildman–Crippen LogP) is 1.11. The Morgan fingerprint density at radius 3 is 2.94 bits per heavy atom. The maximum absolute atomic E-state index is 11.7. The van der Waals surface area contributed by atoms with Crippen LogP contribution in [0.25, 0.3) is 16.9 Å². The second kappa shape index (κ2) is 3.30. The molecule has 1 N–H and O–H groups in total. The molecule has 5 heteroatoms. The number of hydrogen-bond acceptors (Lipinski definition) is 3. The van der Waals surface area contributed by atoms with Crippen LogP contribution in [0.2, 0.25) is 0 Å². The van der Waals surface area contributed by atoms with Gasteiger partial charge < -0.3 is 4.98 Å².